The number of aliphatic carboxylic acids is 1. The maximum absolute atomic E-state index is 12.7. The van der Waals surface area contributed by atoms with Crippen molar-refractivity contribution < 1.29 is 28.8 Å². The van der Waals surface area contributed by atoms with Crippen molar-refractivity contribution in [2.45, 2.75) is 83.0 Å². The van der Waals surface area contributed by atoms with Crippen molar-refractivity contribution in [1.29, 1.82) is 5.41 Å². The fraction of sp³-hybridized carbons (Fsp3) is 0.818. The minimum Gasteiger partial charge on any atom is -0.481 e. The zero-order valence-corrected chi connectivity index (χ0v) is 20.8. The quantitative estimate of drug-likeness (QED) is 0.0793. The van der Waals surface area contributed by atoms with Crippen LogP contribution in [-0.2, 0) is 23.7 Å². The van der Waals surface area contributed by atoms with Crippen molar-refractivity contribution in [3.05, 3.63) is 0 Å². The predicted octanol–water partition coefficient (Wildman–Crippen LogP) is -0.690. The van der Waals surface area contributed by atoms with Crippen LogP contribution in [0.4, 0.5) is 0 Å². The molecule has 0 spiro atoms. The maximum atomic E-state index is 12.7. The summed E-state index contributed by atoms with van der Waals surface area (Å²) in [7, 11) is -0.630. The van der Waals surface area contributed by atoms with Crippen molar-refractivity contribution >= 4 is 30.9 Å². The van der Waals surface area contributed by atoms with E-state index in [1.54, 1.807) is 0 Å². The van der Waals surface area contributed by atoms with Crippen LogP contribution in [0.2, 0.25) is 0 Å². The summed E-state index contributed by atoms with van der Waals surface area (Å²) in [5.74, 6) is -1.66. The van der Waals surface area contributed by atoms with Gasteiger partial charge in [0.1, 0.15) is 0 Å². The molecule has 3 saturated carbocycles. The average Bonchev–Trinajstić information content (AvgIpc) is 3.14. The van der Waals surface area contributed by atoms with Gasteiger partial charge in [0, 0.05) is 13.0 Å². The fourth-order valence-electron chi connectivity index (χ4n) is 5.86. The van der Waals surface area contributed by atoms with Gasteiger partial charge in [-0.3, -0.25) is 19.8 Å². The van der Waals surface area contributed by atoms with E-state index in [9.17, 15) is 14.4 Å². The van der Waals surface area contributed by atoms with E-state index in [1.165, 1.54) is 0 Å². The van der Waals surface area contributed by atoms with Gasteiger partial charge in [-0.2, -0.15) is 0 Å². The smallest absolute Gasteiger partial charge is 0.481 e. The molecule has 2 bridgehead atoms. The molecule has 1 saturated heterocycles. The van der Waals surface area contributed by atoms with E-state index in [2.05, 4.69) is 36.7 Å². The first-order valence-corrected chi connectivity index (χ1v) is 12.3. The lowest BCUT2D eigenvalue weighted by Crippen LogP contribution is -2.65. The zero-order valence-electron chi connectivity index (χ0n) is 20.8. The van der Waals surface area contributed by atoms with Gasteiger partial charge in [-0.05, 0) is 56.3 Å². The molecule has 1 aliphatic heterocycles. The number of carboxylic acids is 1. The standard InChI is InChI=1S/C22H39BN6O6/c1-21(2)12-9-14(21)22(3)15(10-12)34-23(35-22)16(5-4-8-27-20(25)26)29-17(30)11-28-19(33)13(24)6-7-18(31)32/h12-16H,4-11,24H2,1-3H3,(H,28,33)(H,29,30)(H,31,32)(H4,25,26,27)/t12-,13-,14-,15?,16-,22-/m0/s1. The van der Waals surface area contributed by atoms with Gasteiger partial charge >= 0.3 is 13.1 Å². The molecule has 4 aliphatic rings. The number of amides is 2. The van der Waals surface area contributed by atoms with Gasteiger partial charge in [-0.1, -0.05) is 13.8 Å². The molecule has 1 unspecified atom stereocenters. The van der Waals surface area contributed by atoms with E-state index in [4.69, 9.17) is 31.3 Å². The highest BCUT2D eigenvalue weighted by atomic mass is 16.7. The minimum atomic E-state index is -1.04. The Morgan fingerprint density at radius 3 is 2.54 bits per heavy atom. The van der Waals surface area contributed by atoms with Crippen LogP contribution >= 0.6 is 0 Å². The molecule has 0 aromatic rings. The fourth-order valence-corrected chi connectivity index (χ4v) is 5.86. The first-order valence-electron chi connectivity index (χ1n) is 12.3. The summed E-state index contributed by atoms with van der Waals surface area (Å²) in [6.07, 6.45) is 2.88. The number of nitrogens with two attached hydrogens (primary N) is 2. The van der Waals surface area contributed by atoms with Crippen LogP contribution in [0.5, 0.6) is 0 Å². The highest BCUT2D eigenvalue weighted by molar-refractivity contribution is 6.47. The van der Waals surface area contributed by atoms with Crippen LogP contribution in [0.1, 0.15) is 59.3 Å². The van der Waals surface area contributed by atoms with Crippen LogP contribution in [0, 0.1) is 22.7 Å². The average molecular weight is 494 g/mol. The Balaban J connectivity index is 1.58. The predicted molar refractivity (Wildman–Crippen MR) is 129 cm³/mol. The van der Waals surface area contributed by atoms with Crippen molar-refractivity contribution in [1.82, 2.24) is 16.0 Å². The second-order valence-electron chi connectivity index (χ2n) is 10.8. The molecule has 4 rings (SSSR count). The van der Waals surface area contributed by atoms with Crippen molar-refractivity contribution in [3.8, 4) is 0 Å². The second kappa shape index (κ2) is 10.7. The Labute approximate surface area is 206 Å². The number of rotatable bonds is 12. The van der Waals surface area contributed by atoms with Gasteiger partial charge in [0.2, 0.25) is 11.8 Å². The molecule has 13 heteroatoms. The number of hydrogen-bond donors (Lipinski definition) is 7. The van der Waals surface area contributed by atoms with E-state index in [0.29, 0.717) is 31.2 Å². The molecule has 1 heterocycles. The largest absolute Gasteiger partial charge is 0.481 e. The van der Waals surface area contributed by atoms with Crippen molar-refractivity contribution in [2.75, 3.05) is 13.1 Å². The summed E-state index contributed by atoms with van der Waals surface area (Å²) in [6, 6.07) is -1.01. The summed E-state index contributed by atoms with van der Waals surface area (Å²) < 4.78 is 12.8. The molecule has 9 N–H and O–H groups in total. The van der Waals surface area contributed by atoms with Gasteiger partial charge in [-0.25, -0.2) is 0 Å². The maximum Gasteiger partial charge on any atom is 0.481 e. The molecule has 2 amide bonds. The Hall–Kier alpha value is -2.38. The summed E-state index contributed by atoms with van der Waals surface area (Å²) in [5, 5.41) is 24.2. The Bertz CT molecular complexity index is 843. The van der Waals surface area contributed by atoms with E-state index in [1.807, 2.05) is 0 Å². The second-order valence-corrected chi connectivity index (χ2v) is 10.8. The molecule has 12 nitrogen and oxygen atoms in total. The summed E-state index contributed by atoms with van der Waals surface area (Å²) in [5.41, 5.74) is 10.8. The number of hydrogen-bond acceptors (Lipinski definition) is 7. The van der Waals surface area contributed by atoms with E-state index < -0.39 is 42.5 Å². The highest BCUT2D eigenvalue weighted by Gasteiger charge is 2.68. The van der Waals surface area contributed by atoms with Gasteiger partial charge in [-0.15, -0.1) is 0 Å². The Morgan fingerprint density at radius 2 is 1.91 bits per heavy atom. The van der Waals surface area contributed by atoms with Crippen molar-refractivity contribution in [3.63, 3.8) is 0 Å². The van der Waals surface area contributed by atoms with Gasteiger partial charge in [0.25, 0.3) is 0 Å². The van der Waals surface area contributed by atoms with Crippen molar-refractivity contribution in [2.24, 2.45) is 28.7 Å². The third-order valence-electron chi connectivity index (χ3n) is 8.08. The first-order chi connectivity index (χ1) is 16.3. The van der Waals surface area contributed by atoms with Crippen LogP contribution in [0.15, 0.2) is 0 Å². The minimum absolute atomic E-state index is 0.0171. The molecule has 6 atom stereocenters. The number of carboxylic acid groups (broad SMARTS) is 1. The SMILES string of the molecule is CC1(C)[C@@H]2CC3OB([C@H](CCCNC(=N)N)NC(=O)CNC(=O)[C@@H](N)CCC(=O)O)O[C@@]3(C)[C@H]1C2. The van der Waals surface area contributed by atoms with Crippen LogP contribution in [-0.4, -0.2) is 72.7 Å². The highest BCUT2D eigenvalue weighted by Crippen LogP contribution is 2.65. The van der Waals surface area contributed by atoms with E-state index >= 15 is 0 Å². The zero-order chi connectivity index (χ0) is 26.0. The monoisotopic (exact) mass is 494 g/mol. The number of carbonyl (C=O) groups excluding carboxylic acids is 2. The number of carbonyl (C=O) groups is 3. The topological polar surface area (TPSA) is 202 Å². The lowest BCUT2D eigenvalue weighted by molar-refractivity contribution is -0.199. The number of guanidine groups is 1. The van der Waals surface area contributed by atoms with Crippen LogP contribution < -0.4 is 27.4 Å². The molecule has 0 aromatic heterocycles. The van der Waals surface area contributed by atoms with Crippen LogP contribution in [0.25, 0.3) is 0 Å². The Morgan fingerprint density at radius 1 is 1.20 bits per heavy atom. The molecule has 0 aromatic carbocycles. The molecule has 0 radical (unpaired) electrons. The third-order valence-corrected chi connectivity index (χ3v) is 8.08. The molecular formula is C22H39BN6O6. The molecule has 35 heavy (non-hydrogen) atoms. The molecular weight excluding hydrogens is 455 g/mol. The number of nitrogens with one attached hydrogen (secondary N) is 4. The Kier molecular flexibility index (Phi) is 8.33. The summed E-state index contributed by atoms with van der Waals surface area (Å²) in [4.78, 5) is 35.4. The van der Waals surface area contributed by atoms with Gasteiger partial charge < -0.3 is 41.8 Å². The third kappa shape index (κ3) is 6.07. The normalized spacial score (nSPS) is 29.8. The van der Waals surface area contributed by atoms with Crippen LogP contribution in [0.3, 0.4) is 0 Å². The van der Waals surface area contributed by atoms with E-state index in [0.717, 1.165) is 12.8 Å². The molecule has 196 valence electrons. The molecule has 3 aliphatic carbocycles. The lowest BCUT2D eigenvalue weighted by atomic mass is 9.43. The molecule has 4 fully saturated rings. The van der Waals surface area contributed by atoms with E-state index in [-0.39, 0.29) is 36.9 Å². The van der Waals surface area contributed by atoms with Gasteiger partial charge in [0.05, 0.1) is 30.2 Å². The lowest BCUT2D eigenvalue weighted by Gasteiger charge is -2.64. The summed E-state index contributed by atoms with van der Waals surface area (Å²) >= 11 is 0. The van der Waals surface area contributed by atoms with Gasteiger partial charge in [0.15, 0.2) is 5.96 Å². The summed E-state index contributed by atoms with van der Waals surface area (Å²) in [6.45, 7) is 6.82. The first kappa shape index (κ1) is 27.2.